The molecule has 0 radical (unpaired) electrons. The molecule has 0 spiro atoms. The molecule has 1 aliphatic heterocycles. The molecule has 1 aliphatic rings. The normalized spacial score (nSPS) is 13.7. The zero-order valence-electron chi connectivity index (χ0n) is 19.1. The van der Waals surface area contributed by atoms with Gasteiger partial charge in [-0.1, -0.05) is 48.5 Å². The van der Waals surface area contributed by atoms with E-state index in [0.717, 1.165) is 5.56 Å². The van der Waals surface area contributed by atoms with E-state index in [1.165, 1.54) is 4.90 Å². The average Bonchev–Trinajstić information content (AvgIpc) is 3.04. The summed E-state index contributed by atoms with van der Waals surface area (Å²) in [6.07, 6.45) is -0.116. The van der Waals surface area contributed by atoms with E-state index < -0.39 is 11.8 Å². The first kappa shape index (κ1) is 22.1. The number of rotatable bonds is 7. The van der Waals surface area contributed by atoms with Crippen LogP contribution >= 0.6 is 0 Å². The van der Waals surface area contributed by atoms with Crippen molar-refractivity contribution in [2.45, 2.75) is 26.9 Å². The van der Waals surface area contributed by atoms with Gasteiger partial charge in [0.25, 0.3) is 11.8 Å². The molecule has 168 valence electrons. The smallest absolute Gasteiger partial charge is 0.282 e. The molecule has 0 saturated heterocycles. The number of benzene rings is 3. The van der Waals surface area contributed by atoms with Gasteiger partial charge in [-0.25, -0.2) is 4.90 Å². The fourth-order valence-corrected chi connectivity index (χ4v) is 3.79. The molecular weight excluding hydrogens is 416 g/mol. The SMILES string of the molecule is COc1ccc(C)cc1NC1=C(c2ccccc2)C(=O)N(c2ccccc2OC(C)C)C1=O. The van der Waals surface area contributed by atoms with Crippen LogP contribution in [-0.4, -0.2) is 25.0 Å². The molecule has 0 unspecified atom stereocenters. The van der Waals surface area contributed by atoms with Crippen LogP contribution in [0.25, 0.3) is 5.57 Å². The Hall–Kier alpha value is -4.06. The van der Waals surface area contributed by atoms with Gasteiger partial charge in [-0.05, 0) is 56.2 Å². The van der Waals surface area contributed by atoms with Crippen molar-refractivity contribution in [2.24, 2.45) is 0 Å². The largest absolute Gasteiger partial charge is 0.495 e. The number of carbonyl (C=O) groups is 2. The molecule has 0 aromatic heterocycles. The monoisotopic (exact) mass is 442 g/mol. The molecule has 33 heavy (non-hydrogen) atoms. The lowest BCUT2D eigenvalue weighted by molar-refractivity contribution is -0.120. The van der Waals surface area contributed by atoms with Crippen molar-refractivity contribution in [2.75, 3.05) is 17.3 Å². The van der Waals surface area contributed by atoms with E-state index in [9.17, 15) is 9.59 Å². The minimum atomic E-state index is -0.456. The molecule has 3 aromatic carbocycles. The molecule has 4 rings (SSSR count). The third kappa shape index (κ3) is 4.32. The molecule has 2 amide bonds. The number of imide groups is 1. The van der Waals surface area contributed by atoms with Gasteiger partial charge in [-0.2, -0.15) is 0 Å². The fourth-order valence-electron chi connectivity index (χ4n) is 3.79. The lowest BCUT2D eigenvalue weighted by Crippen LogP contribution is -2.33. The molecular formula is C27H26N2O4. The summed E-state index contributed by atoms with van der Waals surface area (Å²) in [5.74, 6) is 0.168. The van der Waals surface area contributed by atoms with Gasteiger partial charge in [0.05, 0.1) is 30.2 Å². The van der Waals surface area contributed by atoms with Crippen molar-refractivity contribution < 1.29 is 19.1 Å². The second kappa shape index (κ2) is 9.20. The van der Waals surface area contributed by atoms with Crippen molar-refractivity contribution in [3.8, 4) is 11.5 Å². The van der Waals surface area contributed by atoms with Crippen molar-refractivity contribution >= 4 is 28.8 Å². The topological polar surface area (TPSA) is 67.9 Å². The van der Waals surface area contributed by atoms with Crippen LogP contribution in [0.3, 0.4) is 0 Å². The molecule has 0 saturated carbocycles. The van der Waals surface area contributed by atoms with Gasteiger partial charge in [0.2, 0.25) is 0 Å². The van der Waals surface area contributed by atoms with Crippen LogP contribution in [0.4, 0.5) is 11.4 Å². The summed E-state index contributed by atoms with van der Waals surface area (Å²) in [5, 5.41) is 3.19. The Morgan fingerprint density at radius 3 is 2.24 bits per heavy atom. The Labute approximate surface area is 193 Å². The average molecular weight is 443 g/mol. The number of anilines is 2. The number of aryl methyl sites for hydroxylation is 1. The number of hydrogen-bond donors (Lipinski definition) is 1. The van der Waals surface area contributed by atoms with Crippen LogP contribution in [0.5, 0.6) is 11.5 Å². The maximum Gasteiger partial charge on any atom is 0.282 e. The lowest BCUT2D eigenvalue weighted by atomic mass is 10.0. The van der Waals surface area contributed by atoms with Crippen molar-refractivity contribution in [3.05, 3.63) is 89.6 Å². The highest BCUT2D eigenvalue weighted by atomic mass is 16.5. The predicted octanol–water partition coefficient (Wildman–Crippen LogP) is 5.19. The van der Waals surface area contributed by atoms with Gasteiger partial charge in [0, 0.05) is 0 Å². The molecule has 1 N–H and O–H groups in total. The molecule has 6 heteroatoms. The van der Waals surface area contributed by atoms with Crippen LogP contribution in [0.2, 0.25) is 0 Å². The number of hydrogen-bond acceptors (Lipinski definition) is 5. The van der Waals surface area contributed by atoms with E-state index in [0.29, 0.717) is 34.0 Å². The number of ether oxygens (including phenoxy) is 2. The third-order valence-corrected chi connectivity index (χ3v) is 5.23. The molecule has 0 bridgehead atoms. The van der Waals surface area contributed by atoms with Crippen LogP contribution in [0, 0.1) is 6.92 Å². The molecule has 3 aromatic rings. The van der Waals surface area contributed by atoms with Gasteiger partial charge in [-0.15, -0.1) is 0 Å². The van der Waals surface area contributed by atoms with E-state index in [4.69, 9.17) is 9.47 Å². The van der Waals surface area contributed by atoms with Gasteiger partial charge >= 0.3 is 0 Å². The van der Waals surface area contributed by atoms with Gasteiger partial charge in [0.1, 0.15) is 17.2 Å². The van der Waals surface area contributed by atoms with E-state index in [2.05, 4.69) is 5.32 Å². The number of methoxy groups -OCH3 is 1. The fraction of sp³-hybridized carbons (Fsp3) is 0.185. The number of nitrogens with zero attached hydrogens (tertiary/aromatic N) is 1. The van der Waals surface area contributed by atoms with Gasteiger partial charge in [0.15, 0.2) is 0 Å². The minimum absolute atomic E-state index is 0.116. The minimum Gasteiger partial charge on any atom is -0.495 e. The second-order valence-electron chi connectivity index (χ2n) is 8.02. The quantitative estimate of drug-likeness (QED) is 0.510. The first-order valence-corrected chi connectivity index (χ1v) is 10.8. The summed E-state index contributed by atoms with van der Waals surface area (Å²) in [6.45, 7) is 5.74. The number of para-hydroxylation sites is 2. The van der Waals surface area contributed by atoms with Gasteiger partial charge in [-0.3, -0.25) is 9.59 Å². The Morgan fingerprint density at radius 1 is 0.848 bits per heavy atom. The van der Waals surface area contributed by atoms with Crippen LogP contribution in [-0.2, 0) is 9.59 Å². The van der Waals surface area contributed by atoms with E-state index in [1.54, 1.807) is 25.3 Å². The van der Waals surface area contributed by atoms with Crippen LogP contribution in [0.1, 0.15) is 25.0 Å². The molecule has 0 atom stereocenters. The first-order valence-electron chi connectivity index (χ1n) is 10.8. The maximum absolute atomic E-state index is 13.7. The van der Waals surface area contributed by atoms with E-state index in [-0.39, 0.29) is 11.8 Å². The second-order valence-corrected chi connectivity index (χ2v) is 8.02. The summed E-state index contributed by atoms with van der Waals surface area (Å²) in [4.78, 5) is 28.6. The summed E-state index contributed by atoms with van der Waals surface area (Å²) < 4.78 is 11.4. The summed E-state index contributed by atoms with van der Waals surface area (Å²) >= 11 is 0. The molecule has 6 nitrogen and oxygen atoms in total. The van der Waals surface area contributed by atoms with E-state index >= 15 is 0 Å². The Kier molecular flexibility index (Phi) is 6.18. The highest BCUT2D eigenvalue weighted by Gasteiger charge is 2.41. The van der Waals surface area contributed by atoms with Gasteiger partial charge < -0.3 is 14.8 Å². The van der Waals surface area contributed by atoms with Crippen molar-refractivity contribution in [1.82, 2.24) is 0 Å². The third-order valence-electron chi connectivity index (χ3n) is 5.23. The number of nitrogens with one attached hydrogen (secondary N) is 1. The lowest BCUT2D eigenvalue weighted by Gasteiger charge is -2.20. The first-order chi connectivity index (χ1) is 15.9. The Balaban J connectivity index is 1.84. The molecule has 0 fully saturated rings. The van der Waals surface area contributed by atoms with Crippen molar-refractivity contribution in [3.63, 3.8) is 0 Å². The zero-order valence-corrected chi connectivity index (χ0v) is 19.1. The summed E-state index contributed by atoms with van der Waals surface area (Å²) in [6, 6.07) is 21.9. The zero-order chi connectivity index (χ0) is 23.5. The number of amides is 2. The standard InChI is InChI=1S/C27H26N2O4/c1-17(2)33-23-13-9-8-12-21(23)29-26(30)24(19-10-6-5-7-11-19)25(27(29)31)28-20-16-18(3)14-15-22(20)32-4/h5-17,28H,1-4H3. The molecule has 0 aliphatic carbocycles. The van der Waals surface area contributed by atoms with Crippen LogP contribution < -0.4 is 19.7 Å². The highest BCUT2D eigenvalue weighted by Crippen LogP contribution is 2.39. The molecule has 1 heterocycles. The summed E-state index contributed by atoms with van der Waals surface area (Å²) in [5.41, 5.74) is 3.13. The van der Waals surface area contributed by atoms with Crippen LogP contribution in [0.15, 0.2) is 78.5 Å². The van der Waals surface area contributed by atoms with Crippen molar-refractivity contribution in [1.29, 1.82) is 0 Å². The highest BCUT2D eigenvalue weighted by molar-refractivity contribution is 6.46. The summed E-state index contributed by atoms with van der Waals surface area (Å²) in [7, 11) is 1.57. The number of carbonyl (C=O) groups excluding carboxylic acids is 2. The maximum atomic E-state index is 13.7. The Morgan fingerprint density at radius 2 is 1.55 bits per heavy atom. The van der Waals surface area contributed by atoms with E-state index in [1.807, 2.05) is 75.4 Å². The predicted molar refractivity (Wildman–Crippen MR) is 129 cm³/mol. The Bertz CT molecular complexity index is 1230.